The van der Waals surface area contributed by atoms with Gasteiger partial charge in [0, 0.05) is 5.02 Å². The van der Waals surface area contributed by atoms with Crippen LogP contribution in [0.2, 0.25) is 5.02 Å². The molecule has 0 aliphatic heterocycles. The van der Waals surface area contributed by atoms with E-state index in [1.807, 2.05) is 20.8 Å². The zero-order valence-corrected chi connectivity index (χ0v) is 9.88. The number of carbonyl (C=O) groups is 1. The van der Waals surface area contributed by atoms with Gasteiger partial charge in [0.05, 0.1) is 5.92 Å². The van der Waals surface area contributed by atoms with Crippen LogP contribution in [-0.4, -0.2) is 11.1 Å². The molecule has 1 aromatic rings. The van der Waals surface area contributed by atoms with Crippen molar-refractivity contribution in [3.8, 4) is 0 Å². The topological polar surface area (TPSA) is 37.3 Å². The number of benzene rings is 1. The molecule has 1 aromatic carbocycles. The summed E-state index contributed by atoms with van der Waals surface area (Å²) in [5.74, 6) is -1.31. The molecule has 0 aliphatic rings. The number of hydrogen-bond acceptors (Lipinski definition) is 1. The van der Waals surface area contributed by atoms with Crippen LogP contribution in [0.5, 0.6) is 0 Å². The lowest BCUT2D eigenvalue weighted by Gasteiger charge is -2.27. The fourth-order valence-electron chi connectivity index (χ4n) is 1.67. The maximum absolute atomic E-state index is 11.2. The van der Waals surface area contributed by atoms with Gasteiger partial charge in [0.2, 0.25) is 0 Å². The maximum Gasteiger partial charge on any atom is 0.311 e. The van der Waals surface area contributed by atoms with Crippen molar-refractivity contribution in [2.45, 2.75) is 26.7 Å². The highest BCUT2D eigenvalue weighted by Gasteiger charge is 2.32. The lowest BCUT2D eigenvalue weighted by Crippen LogP contribution is -2.26. The van der Waals surface area contributed by atoms with Gasteiger partial charge in [-0.3, -0.25) is 4.79 Å². The van der Waals surface area contributed by atoms with E-state index in [1.54, 1.807) is 24.3 Å². The smallest absolute Gasteiger partial charge is 0.311 e. The summed E-state index contributed by atoms with van der Waals surface area (Å²) < 4.78 is 0. The fourth-order valence-corrected chi connectivity index (χ4v) is 1.79. The molecule has 0 amide bonds. The summed E-state index contributed by atoms with van der Waals surface area (Å²) in [5, 5.41) is 9.82. The minimum Gasteiger partial charge on any atom is -0.481 e. The van der Waals surface area contributed by atoms with Crippen LogP contribution in [0.4, 0.5) is 0 Å². The van der Waals surface area contributed by atoms with Gasteiger partial charge in [-0.15, -0.1) is 0 Å². The van der Waals surface area contributed by atoms with E-state index in [9.17, 15) is 9.90 Å². The van der Waals surface area contributed by atoms with Crippen molar-refractivity contribution in [3.63, 3.8) is 0 Å². The Kier molecular flexibility index (Phi) is 3.40. The summed E-state index contributed by atoms with van der Waals surface area (Å²) in [4.78, 5) is 11.2. The van der Waals surface area contributed by atoms with Crippen molar-refractivity contribution >= 4 is 17.6 Å². The SMILES string of the molecule is CC(C)(C)C(C(=O)O)c1ccc(Cl)cc1. The van der Waals surface area contributed by atoms with Crippen LogP contribution in [0.25, 0.3) is 0 Å². The normalized spacial score (nSPS) is 13.6. The predicted molar refractivity (Wildman–Crippen MR) is 61.3 cm³/mol. The van der Waals surface area contributed by atoms with Crippen molar-refractivity contribution in [2.24, 2.45) is 5.41 Å². The summed E-state index contributed by atoms with van der Waals surface area (Å²) in [6.07, 6.45) is 0. The minimum atomic E-state index is -0.801. The molecule has 1 atom stereocenters. The van der Waals surface area contributed by atoms with Gasteiger partial charge in [0.15, 0.2) is 0 Å². The summed E-state index contributed by atoms with van der Waals surface area (Å²) >= 11 is 5.76. The molecular formula is C12H15ClO2. The highest BCUT2D eigenvalue weighted by Crippen LogP contribution is 2.35. The molecule has 82 valence electrons. The van der Waals surface area contributed by atoms with Gasteiger partial charge in [-0.2, -0.15) is 0 Å². The van der Waals surface area contributed by atoms with E-state index in [2.05, 4.69) is 0 Å². The Labute approximate surface area is 94.9 Å². The van der Waals surface area contributed by atoms with Gasteiger partial charge in [-0.1, -0.05) is 44.5 Å². The first-order valence-corrected chi connectivity index (χ1v) is 5.18. The number of hydrogen-bond donors (Lipinski definition) is 1. The second-order valence-electron chi connectivity index (χ2n) is 4.69. The van der Waals surface area contributed by atoms with Gasteiger partial charge in [-0.25, -0.2) is 0 Å². The minimum absolute atomic E-state index is 0.306. The van der Waals surface area contributed by atoms with E-state index in [-0.39, 0.29) is 5.41 Å². The molecule has 0 radical (unpaired) electrons. The lowest BCUT2D eigenvalue weighted by atomic mass is 9.76. The van der Waals surface area contributed by atoms with Gasteiger partial charge in [-0.05, 0) is 23.1 Å². The Hall–Kier alpha value is -1.02. The van der Waals surface area contributed by atoms with Crippen LogP contribution < -0.4 is 0 Å². The van der Waals surface area contributed by atoms with Crippen LogP contribution in [0.15, 0.2) is 24.3 Å². The highest BCUT2D eigenvalue weighted by molar-refractivity contribution is 6.30. The number of aliphatic carboxylic acids is 1. The molecular weight excluding hydrogens is 212 g/mol. The monoisotopic (exact) mass is 226 g/mol. The number of rotatable bonds is 2. The second kappa shape index (κ2) is 4.23. The first-order chi connectivity index (χ1) is 6.82. The molecule has 0 saturated heterocycles. The third-order valence-electron chi connectivity index (χ3n) is 2.32. The van der Waals surface area contributed by atoms with Gasteiger partial charge in [0.25, 0.3) is 0 Å². The molecule has 15 heavy (non-hydrogen) atoms. The first-order valence-electron chi connectivity index (χ1n) is 4.80. The van der Waals surface area contributed by atoms with Crippen molar-refractivity contribution in [1.29, 1.82) is 0 Å². The Bertz CT molecular complexity index is 349. The van der Waals surface area contributed by atoms with Crippen molar-refractivity contribution in [2.75, 3.05) is 0 Å². The summed E-state index contributed by atoms with van der Waals surface area (Å²) in [5.41, 5.74) is 0.485. The lowest BCUT2D eigenvalue weighted by molar-refractivity contribution is -0.141. The van der Waals surface area contributed by atoms with E-state index in [4.69, 9.17) is 11.6 Å². The van der Waals surface area contributed by atoms with E-state index in [1.165, 1.54) is 0 Å². The fraction of sp³-hybridized carbons (Fsp3) is 0.417. The summed E-state index contributed by atoms with van der Waals surface area (Å²) in [6, 6.07) is 6.98. The van der Waals surface area contributed by atoms with Gasteiger partial charge >= 0.3 is 5.97 Å². The van der Waals surface area contributed by atoms with E-state index >= 15 is 0 Å². The first kappa shape index (κ1) is 12.1. The Morgan fingerprint density at radius 2 is 1.73 bits per heavy atom. The number of carboxylic acids is 1. The van der Waals surface area contributed by atoms with E-state index < -0.39 is 11.9 Å². The molecule has 0 saturated carbocycles. The average molecular weight is 227 g/mol. The van der Waals surface area contributed by atoms with Crippen molar-refractivity contribution in [3.05, 3.63) is 34.9 Å². The summed E-state index contributed by atoms with van der Waals surface area (Å²) in [6.45, 7) is 5.75. The Balaban J connectivity index is 3.11. The molecule has 1 N–H and O–H groups in total. The summed E-state index contributed by atoms with van der Waals surface area (Å²) in [7, 11) is 0. The molecule has 0 aromatic heterocycles. The van der Waals surface area contributed by atoms with Crippen LogP contribution in [0.3, 0.4) is 0 Å². The van der Waals surface area contributed by atoms with Crippen LogP contribution in [0, 0.1) is 5.41 Å². The molecule has 0 heterocycles. The second-order valence-corrected chi connectivity index (χ2v) is 5.13. The molecule has 0 fully saturated rings. The van der Waals surface area contributed by atoms with Gasteiger partial charge < -0.3 is 5.11 Å². The molecule has 3 heteroatoms. The standard InChI is InChI=1S/C12H15ClO2/c1-12(2,3)10(11(14)15)8-4-6-9(13)7-5-8/h4-7,10H,1-3H3,(H,14,15). The van der Waals surface area contributed by atoms with Crippen LogP contribution in [0.1, 0.15) is 32.3 Å². The van der Waals surface area contributed by atoms with Gasteiger partial charge in [0.1, 0.15) is 0 Å². The van der Waals surface area contributed by atoms with Crippen LogP contribution in [-0.2, 0) is 4.79 Å². The quantitative estimate of drug-likeness (QED) is 0.837. The number of halogens is 1. The maximum atomic E-state index is 11.2. The highest BCUT2D eigenvalue weighted by atomic mass is 35.5. The van der Waals surface area contributed by atoms with E-state index in [0.717, 1.165) is 5.56 Å². The molecule has 1 unspecified atom stereocenters. The molecule has 0 spiro atoms. The third kappa shape index (κ3) is 2.96. The van der Waals surface area contributed by atoms with Crippen molar-refractivity contribution < 1.29 is 9.90 Å². The molecule has 0 aliphatic carbocycles. The molecule has 2 nitrogen and oxygen atoms in total. The largest absolute Gasteiger partial charge is 0.481 e. The zero-order valence-electron chi connectivity index (χ0n) is 9.12. The molecule has 1 rings (SSSR count). The third-order valence-corrected chi connectivity index (χ3v) is 2.57. The Morgan fingerprint density at radius 3 is 2.07 bits per heavy atom. The Morgan fingerprint density at radius 1 is 1.27 bits per heavy atom. The molecule has 0 bridgehead atoms. The van der Waals surface area contributed by atoms with Crippen molar-refractivity contribution in [1.82, 2.24) is 0 Å². The zero-order chi connectivity index (χ0) is 11.6. The van der Waals surface area contributed by atoms with Crippen LogP contribution >= 0.6 is 11.6 Å². The predicted octanol–water partition coefficient (Wildman–Crippen LogP) is 3.55. The number of carboxylic acid groups (broad SMARTS) is 1. The average Bonchev–Trinajstić information content (AvgIpc) is 2.05. The van der Waals surface area contributed by atoms with E-state index in [0.29, 0.717) is 5.02 Å².